The van der Waals surface area contributed by atoms with E-state index in [4.69, 9.17) is 0 Å². The van der Waals surface area contributed by atoms with E-state index < -0.39 is 0 Å². The fraction of sp³-hybridized carbons (Fsp3) is 0.357. The first-order valence-electron chi connectivity index (χ1n) is 6.19. The Hall–Kier alpha value is -1.04. The molecule has 1 aromatic carbocycles. The lowest BCUT2D eigenvalue weighted by Gasteiger charge is -2.11. The second-order valence-electron chi connectivity index (χ2n) is 4.39. The lowest BCUT2D eigenvalue weighted by molar-refractivity contribution is 0.651. The second-order valence-corrected chi connectivity index (χ2v) is 5.64. The van der Waals surface area contributed by atoms with Crippen LogP contribution in [0.15, 0.2) is 30.7 Å². The predicted octanol–water partition coefficient (Wildman–Crippen LogP) is 3.82. The molecule has 2 rings (SSSR count). The van der Waals surface area contributed by atoms with Crippen molar-refractivity contribution in [3.8, 4) is 0 Å². The Kier molecular flexibility index (Phi) is 4.63. The van der Waals surface area contributed by atoms with Gasteiger partial charge in [-0.1, -0.05) is 13.0 Å². The number of anilines is 1. The topological polar surface area (TPSA) is 29.9 Å². The first-order chi connectivity index (χ1) is 8.70. The van der Waals surface area contributed by atoms with Crippen molar-refractivity contribution in [3.05, 3.63) is 45.6 Å². The third-order valence-electron chi connectivity index (χ3n) is 2.92. The Morgan fingerprint density at radius 1 is 1.39 bits per heavy atom. The van der Waals surface area contributed by atoms with Crippen LogP contribution in [0, 0.1) is 10.5 Å². The number of nitrogens with one attached hydrogen (secondary N) is 1. The third kappa shape index (κ3) is 3.25. The van der Waals surface area contributed by atoms with Gasteiger partial charge in [-0.25, -0.2) is 4.98 Å². The maximum absolute atomic E-state index is 4.21. The van der Waals surface area contributed by atoms with E-state index in [9.17, 15) is 0 Å². The van der Waals surface area contributed by atoms with Crippen LogP contribution in [0.5, 0.6) is 0 Å². The zero-order valence-electron chi connectivity index (χ0n) is 10.8. The number of aromatic nitrogens is 2. The summed E-state index contributed by atoms with van der Waals surface area (Å²) in [6, 6.07) is 6.45. The van der Waals surface area contributed by atoms with E-state index in [0.717, 1.165) is 19.5 Å². The highest BCUT2D eigenvalue weighted by molar-refractivity contribution is 14.1. The van der Waals surface area contributed by atoms with Gasteiger partial charge in [0.25, 0.3) is 0 Å². The minimum absolute atomic E-state index is 0.820. The molecule has 0 saturated carbocycles. The summed E-state index contributed by atoms with van der Waals surface area (Å²) in [4.78, 5) is 4.21. The molecule has 0 atom stereocenters. The molecule has 0 aliphatic rings. The van der Waals surface area contributed by atoms with E-state index in [1.54, 1.807) is 0 Å². The minimum Gasteiger partial charge on any atom is -0.379 e. The van der Waals surface area contributed by atoms with E-state index in [2.05, 4.69) is 69.5 Å². The van der Waals surface area contributed by atoms with Gasteiger partial charge in [0.05, 0.1) is 18.6 Å². The van der Waals surface area contributed by atoms with E-state index in [1.165, 1.54) is 20.5 Å². The predicted molar refractivity (Wildman–Crippen MR) is 83.7 cm³/mol. The number of imidazole rings is 1. The summed E-state index contributed by atoms with van der Waals surface area (Å²) in [6.07, 6.45) is 4.97. The highest BCUT2D eigenvalue weighted by Crippen LogP contribution is 2.19. The fourth-order valence-electron chi connectivity index (χ4n) is 1.91. The van der Waals surface area contributed by atoms with E-state index >= 15 is 0 Å². The molecule has 0 aliphatic heterocycles. The average Bonchev–Trinajstić information content (AvgIpc) is 2.78. The molecule has 0 spiro atoms. The first kappa shape index (κ1) is 13.4. The number of hydrogen-bond donors (Lipinski definition) is 1. The van der Waals surface area contributed by atoms with Gasteiger partial charge in [0.1, 0.15) is 0 Å². The number of benzene rings is 1. The first-order valence-corrected chi connectivity index (χ1v) is 7.27. The summed E-state index contributed by atoms with van der Waals surface area (Å²) in [5.74, 6) is 0. The van der Waals surface area contributed by atoms with E-state index in [-0.39, 0.29) is 0 Å². The summed E-state index contributed by atoms with van der Waals surface area (Å²) >= 11 is 2.34. The number of hydrogen-bond acceptors (Lipinski definition) is 2. The molecule has 0 radical (unpaired) electrons. The maximum atomic E-state index is 4.21. The lowest BCUT2D eigenvalue weighted by Crippen LogP contribution is -2.07. The van der Waals surface area contributed by atoms with Crippen molar-refractivity contribution in [1.82, 2.24) is 9.55 Å². The van der Waals surface area contributed by atoms with Crippen molar-refractivity contribution in [1.29, 1.82) is 0 Å². The summed E-state index contributed by atoms with van der Waals surface area (Å²) in [7, 11) is 0. The van der Waals surface area contributed by atoms with Crippen molar-refractivity contribution < 1.29 is 0 Å². The molecule has 0 amide bonds. The van der Waals surface area contributed by atoms with Gasteiger partial charge in [0.15, 0.2) is 0 Å². The number of halogens is 1. The number of aryl methyl sites for hydroxylation is 2. The molecule has 1 aromatic heterocycles. The van der Waals surface area contributed by atoms with Gasteiger partial charge in [0, 0.05) is 22.0 Å². The molecule has 0 bridgehead atoms. The molecule has 2 aromatic rings. The van der Waals surface area contributed by atoms with Crippen molar-refractivity contribution in [2.24, 2.45) is 0 Å². The van der Waals surface area contributed by atoms with Crippen LogP contribution in [0.3, 0.4) is 0 Å². The highest BCUT2D eigenvalue weighted by Gasteiger charge is 2.03. The third-order valence-corrected chi connectivity index (χ3v) is 3.59. The summed E-state index contributed by atoms with van der Waals surface area (Å²) in [6.45, 7) is 6.16. The Bertz CT molecular complexity index is 520. The molecule has 4 heteroatoms. The standard InChI is InChI=1S/C14H18IN3/c1-3-6-18-10-16-8-13(18)9-17-14-7-12(15)5-4-11(14)2/h4-5,7-8,10,17H,3,6,9H2,1-2H3. The summed E-state index contributed by atoms with van der Waals surface area (Å²) in [5.41, 5.74) is 3.71. The van der Waals surface area contributed by atoms with Crippen LogP contribution < -0.4 is 5.32 Å². The monoisotopic (exact) mass is 355 g/mol. The molecule has 0 saturated heterocycles. The second kappa shape index (κ2) is 6.22. The van der Waals surface area contributed by atoms with Crippen molar-refractivity contribution in [2.45, 2.75) is 33.4 Å². The van der Waals surface area contributed by atoms with Gasteiger partial charge in [-0.2, -0.15) is 0 Å². The van der Waals surface area contributed by atoms with Crippen LogP contribution in [0.4, 0.5) is 5.69 Å². The molecule has 1 N–H and O–H groups in total. The summed E-state index contributed by atoms with van der Waals surface area (Å²) in [5, 5.41) is 3.49. The van der Waals surface area contributed by atoms with Gasteiger partial charge in [-0.3, -0.25) is 0 Å². The Morgan fingerprint density at radius 3 is 3.00 bits per heavy atom. The van der Waals surface area contributed by atoms with Gasteiger partial charge in [0.2, 0.25) is 0 Å². The van der Waals surface area contributed by atoms with E-state index in [0.29, 0.717) is 0 Å². The van der Waals surface area contributed by atoms with E-state index in [1.807, 2.05) is 12.5 Å². The van der Waals surface area contributed by atoms with Crippen LogP contribution in [0.25, 0.3) is 0 Å². The SMILES string of the molecule is CCCn1cncc1CNc1cc(I)ccc1C. The van der Waals surface area contributed by atoms with Gasteiger partial charge >= 0.3 is 0 Å². The normalized spacial score (nSPS) is 10.6. The molecule has 96 valence electrons. The van der Waals surface area contributed by atoms with Crippen LogP contribution in [-0.2, 0) is 13.1 Å². The number of nitrogens with zero attached hydrogens (tertiary/aromatic N) is 2. The largest absolute Gasteiger partial charge is 0.379 e. The fourth-order valence-corrected chi connectivity index (χ4v) is 2.40. The van der Waals surface area contributed by atoms with Crippen molar-refractivity contribution in [3.63, 3.8) is 0 Å². The molecule has 0 aliphatic carbocycles. The van der Waals surface area contributed by atoms with Crippen LogP contribution in [0.1, 0.15) is 24.6 Å². The Labute approximate surface area is 122 Å². The smallest absolute Gasteiger partial charge is 0.0948 e. The van der Waals surface area contributed by atoms with Crippen LogP contribution in [-0.4, -0.2) is 9.55 Å². The van der Waals surface area contributed by atoms with Crippen molar-refractivity contribution in [2.75, 3.05) is 5.32 Å². The summed E-state index contributed by atoms with van der Waals surface area (Å²) < 4.78 is 3.46. The van der Waals surface area contributed by atoms with Crippen LogP contribution >= 0.6 is 22.6 Å². The highest BCUT2D eigenvalue weighted by atomic mass is 127. The van der Waals surface area contributed by atoms with Crippen molar-refractivity contribution >= 4 is 28.3 Å². The van der Waals surface area contributed by atoms with Gasteiger partial charge in [-0.05, 0) is 53.6 Å². The molecule has 18 heavy (non-hydrogen) atoms. The minimum atomic E-state index is 0.820. The molecule has 1 heterocycles. The maximum Gasteiger partial charge on any atom is 0.0948 e. The quantitative estimate of drug-likeness (QED) is 0.827. The molecular formula is C14H18IN3. The van der Waals surface area contributed by atoms with Gasteiger partial charge in [-0.15, -0.1) is 0 Å². The Morgan fingerprint density at radius 2 is 2.22 bits per heavy atom. The zero-order valence-corrected chi connectivity index (χ0v) is 12.9. The zero-order chi connectivity index (χ0) is 13.0. The van der Waals surface area contributed by atoms with Gasteiger partial charge < -0.3 is 9.88 Å². The lowest BCUT2D eigenvalue weighted by atomic mass is 10.2. The molecular weight excluding hydrogens is 337 g/mol. The van der Waals surface area contributed by atoms with Crippen LogP contribution in [0.2, 0.25) is 0 Å². The molecule has 3 nitrogen and oxygen atoms in total. The number of rotatable bonds is 5. The Balaban J connectivity index is 2.06. The molecule has 0 unspecified atom stereocenters. The molecule has 0 fully saturated rings. The average molecular weight is 355 g/mol.